The van der Waals surface area contributed by atoms with Crippen molar-refractivity contribution < 1.29 is 0 Å². The molecule has 1 aromatic rings. The van der Waals surface area contributed by atoms with Gasteiger partial charge >= 0.3 is 0 Å². The van der Waals surface area contributed by atoms with Crippen LogP contribution in [0.2, 0.25) is 0 Å². The molecule has 0 aromatic carbocycles. The van der Waals surface area contributed by atoms with Gasteiger partial charge < -0.3 is 5.73 Å². The standard InChI is InChI=1S/C10H16N4/c1-10(2,3)8-7-9(12)14(13-8)6-4-5-11/h7H,4,6,12H2,1-3H3. The molecule has 4 heteroatoms. The molecule has 0 aliphatic rings. The molecule has 76 valence electrons. The molecule has 0 aliphatic heterocycles. The Labute approximate surface area is 84.3 Å². The molecule has 0 amide bonds. The molecule has 0 saturated carbocycles. The molecular weight excluding hydrogens is 176 g/mol. The lowest BCUT2D eigenvalue weighted by Crippen LogP contribution is -2.13. The lowest BCUT2D eigenvalue weighted by atomic mass is 9.92. The lowest BCUT2D eigenvalue weighted by Gasteiger charge is -2.13. The molecule has 1 heterocycles. The Balaban J connectivity index is 2.89. The van der Waals surface area contributed by atoms with E-state index in [2.05, 4.69) is 31.9 Å². The first-order chi connectivity index (χ1) is 6.45. The van der Waals surface area contributed by atoms with Crippen molar-refractivity contribution in [3.05, 3.63) is 11.8 Å². The van der Waals surface area contributed by atoms with E-state index in [1.165, 1.54) is 0 Å². The second kappa shape index (κ2) is 3.70. The summed E-state index contributed by atoms with van der Waals surface area (Å²) in [6.45, 7) is 6.83. The van der Waals surface area contributed by atoms with Gasteiger partial charge in [-0.1, -0.05) is 20.8 Å². The quantitative estimate of drug-likeness (QED) is 0.775. The van der Waals surface area contributed by atoms with Gasteiger partial charge in [-0.25, -0.2) is 4.68 Å². The Hall–Kier alpha value is -1.50. The zero-order chi connectivity index (χ0) is 10.8. The van der Waals surface area contributed by atoms with E-state index < -0.39 is 0 Å². The van der Waals surface area contributed by atoms with Crippen LogP contribution in [0.4, 0.5) is 5.82 Å². The Bertz CT molecular complexity index is 351. The maximum Gasteiger partial charge on any atom is 0.121 e. The number of aryl methyl sites for hydroxylation is 1. The smallest absolute Gasteiger partial charge is 0.121 e. The van der Waals surface area contributed by atoms with Crippen LogP contribution >= 0.6 is 0 Å². The number of hydrogen-bond acceptors (Lipinski definition) is 3. The third kappa shape index (κ3) is 2.25. The minimum absolute atomic E-state index is 0.00597. The molecule has 0 atom stereocenters. The number of nitrogen functional groups attached to an aromatic ring is 1. The second-order valence-electron chi connectivity index (χ2n) is 4.34. The minimum Gasteiger partial charge on any atom is -0.384 e. The lowest BCUT2D eigenvalue weighted by molar-refractivity contribution is 0.536. The van der Waals surface area contributed by atoms with Crippen LogP contribution in [0.1, 0.15) is 32.9 Å². The number of nitriles is 1. The van der Waals surface area contributed by atoms with Gasteiger partial charge in [0.2, 0.25) is 0 Å². The first-order valence-electron chi connectivity index (χ1n) is 4.66. The van der Waals surface area contributed by atoms with Gasteiger partial charge in [0.25, 0.3) is 0 Å². The van der Waals surface area contributed by atoms with Gasteiger partial charge in [0, 0.05) is 11.5 Å². The molecule has 0 spiro atoms. The second-order valence-corrected chi connectivity index (χ2v) is 4.34. The van der Waals surface area contributed by atoms with Crippen molar-refractivity contribution in [3.8, 4) is 6.07 Å². The molecule has 0 bridgehead atoms. The van der Waals surface area contributed by atoms with Crippen molar-refractivity contribution in [1.29, 1.82) is 5.26 Å². The summed E-state index contributed by atoms with van der Waals surface area (Å²) in [7, 11) is 0. The number of rotatable bonds is 2. The largest absolute Gasteiger partial charge is 0.384 e. The van der Waals surface area contributed by atoms with Crippen molar-refractivity contribution in [1.82, 2.24) is 9.78 Å². The van der Waals surface area contributed by atoms with Gasteiger partial charge in [0.15, 0.2) is 0 Å². The molecule has 0 saturated heterocycles. The summed E-state index contributed by atoms with van der Waals surface area (Å²) >= 11 is 0. The summed E-state index contributed by atoms with van der Waals surface area (Å²) in [5.74, 6) is 0.630. The minimum atomic E-state index is 0.00597. The van der Waals surface area contributed by atoms with Gasteiger partial charge in [-0.15, -0.1) is 0 Å². The first kappa shape index (κ1) is 10.6. The van der Waals surface area contributed by atoms with Gasteiger partial charge in [-0.3, -0.25) is 0 Å². The van der Waals surface area contributed by atoms with E-state index >= 15 is 0 Å². The highest BCUT2D eigenvalue weighted by molar-refractivity contribution is 5.33. The molecule has 0 aliphatic carbocycles. The summed E-state index contributed by atoms with van der Waals surface area (Å²) in [4.78, 5) is 0. The molecule has 0 fully saturated rings. The Kier molecular flexibility index (Phi) is 2.80. The number of hydrogen-bond donors (Lipinski definition) is 1. The third-order valence-corrected chi connectivity index (χ3v) is 2.01. The highest BCUT2D eigenvalue weighted by Gasteiger charge is 2.18. The van der Waals surface area contributed by atoms with Gasteiger partial charge in [0.05, 0.1) is 24.7 Å². The highest BCUT2D eigenvalue weighted by Crippen LogP contribution is 2.22. The first-order valence-corrected chi connectivity index (χ1v) is 4.66. The normalized spacial score (nSPS) is 11.3. The molecule has 2 N–H and O–H groups in total. The predicted octanol–water partition coefficient (Wildman–Crippen LogP) is 1.68. The Morgan fingerprint density at radius 3 is 2.64 bits per heavy atom. The van der Waals surface area contributed by atoms with E-state index in [-0.39, 0.29) is 5.41 Å². The van der Waals surface area contributed by atoms with Crippen LogP contribution in [-0.4, -0.2) is 9.78 Å². The van der Waals surface area contributed by atoms with Gasteiger partial charge in [0.1, 0.15) is 5.82 Å². The summed E-state index contributed by atoms with van der Waals surface area (Å²) in [6, 6.07) is 3.95. The molecular formula is C10H16N4. The van der Waals surface area contributed by atoms with Crippen LogP contribution in [0.3, 0.4) is 0 Å². The number of aromatic nitrogens is 2. The van der Waals surface area contributed by atoms with Crippen LogP contribution in [0.5, 0.6) is 0 Å². The Morgan fingerprint density at radius 1 is 1.57 bits per heavy atom. The fourth-order valence-electron chi connectivity index (χ4n) is 1.13. The zero-order valence-corrected chi connectivity index (χ0v) is 8.91. The maximum atomic E-state index is 8.45. The summed E-state index contributed by atoms with van der Waals surface area (Å²) in [6.07, 6.45) is 0.440. The fraction of sp³-hybridized carbons (Fsp3) is 0.600. The number of nitrogens with zero attached hydrogens (tertiary/aromatic N) is 3. The fourth-order valence-corrected chi connectivity index (χ4v) is 1.13. The molecule has 4 nitrogen and oxygen atoms in total. The van der Waals surface area contributed by atoms with E-state index in [1.807, 2.05) is 6.07 Å². The zero-order valence-electron chi connectivity index (χ0n) is 8.91. The van der Waals surface area contributed by atoms with Gasteiger partial charge in [-0.05, 0) is 0 Å². The van der Waals surface area contributed by atoms with Crippen molar-refractivity contribution in [3.63, 3.8) is 0 Å². The summed E-state index contributed by atoms with van der Waals surface area (Å²) < 4.78 is 1.68. The topological polar surface area (TPSA) is 67.6 Å². The average molecular weight is 192 g/mol. The van der Waals surface area contributed by atoms with E-state index in [1.54, 1.807) is 4.68 Å². The van der Waals surface area contributed by atoms with E-state index in [4.69, 9.17) is 11.0 Å². The van der Waals surface area contributed by atoms with E-state index in [9.17, 15) is 0 Å². The average Bonchev–Trinajstić information content (AvgIpc) is 2.43. The number of anilines is 1. The number of nitrogens with two attached hydrogens (primary N) is 1. The Morgan fingerprint density at radius 2 is 2.21 bits per heavy atom. The van der Waals surface area contributed by atoms with Crippen LogP contribution in [0.15, 0.2) is 6.07 Å². The molecule has 14 heavy (non-hydrogen) atoms. The van der Waals surface area contributed by atoms with Crippen LogP contribution in [0.25, 0.3) is 0 Å². The summed E-state index contributed by atoms with van der Waals surface area (Å²) in [5, 5.41) is 12.8. The van der Waals surface area contributed by atoms with Gasteiger partial charge in [-0.2, -0.15) is 10.4 Å². The maximum absolute atomic E-state index is 8.45. The summed E-state index contributed by atoms with van der Waals surface area (Å²) in [5.41, 5.74) is 6.74. The van der Waals surface area contributed by atoms with E-state index in [0.717, 1.165) is 5.69 Å². The van der Waals surface area contributed by atoms with Crippen molar-refractivity contribution in [2.24, 2.45) is 0 Å². The van der Waals surface area contributed by atoms with Crippen LogP contribution in [-0.2, 0) is 12.0 Å². The third-order valence-electron chi connectivity index (χ3n) is 2.01. The molecule has 0 radical (unpaired) electrons. The molecule has 1 aromatic heterocycles. The van der Waals surface area contributed by atoms with Crippen LogP contribution < -0.4 is 5.73 Å². The monoisotopic (exact) mass is 192 g/mol. The SMILES string of the molecule is CC(C)(C)c1cc(N)n(CCC#N)n1. The van der Waals surface area contributed by atoms with Crippen molar-refractivity contribution in [2.75, 3.05) is 5.73 Å². The highest BCUT2D eigenvalue weighted by atomic mass is 15.3. The van der Waals surface area contributed by atoms with Crippen LogP contribution in [0, 0.1) is 11.3 Å². The van der Waals surface area contributed by atoms with Crippen molar-refractivity contribution >= 4 is 5.82 Å². The molecule has 0 unspecified atom stereocenters. The van der Waals surface area contributed by atoms with Crippen molar-refractivity contribution in [2.45, 2.75) is 39.2 Å². The predicted molar refractivity (Wildman–Crippen MR) is 55.6 cm³/mol. The van der Waals surface area contributed by atoms with E-state index in [0.29, 0.717) is 18.8 Å². The molecule has 1 rings (SSSR count).